The van der Waals surface area contributed by atoms with Crippen LogP contribution < -0.4 is 5.32 Å². The summed E-state index contributed by atoms with van der Waals surface area (Å²) in [6.45, 7) is 3.41. The van der Waals surface area contributed by atoms with Gasteiger partial charge >= 0.3 is 0 Å². The summed E-state index contributed by atoms with van der Waals surface area (Å²) in [5, 5.41) is 12.2. The van der Waals surface area contributed by atoms with Crippen molar-refractivity contribution < 1.29 is 14.1 Å². The lowest BCUT2D eigenvalue weighted by Gasteiger charge is -2.09. The van der Waals surface area contributed by atoms with Crippen LogP contribution in [0.25, 0.3) is 0 Å². The van der Waals surface area contributed by atoms with Gasteiger partial charge in [-0.3, -0.25) is 4.21 Å². The summed E-state index contributed by atoms with van der Waals surface area (Å²) in [7, 11) is 0.830. The summed E-state index contributed by atoms with van der Waals surface area (Å²) in [6.07, 6.45) is -0.472. The Morgan fingerprint density at radius 3 is 2.85 bits per heavy atom. The van der Waals surface area contributed by atoms with Crippen LogP contribution in [0.15, 0.2) is 0 Å². The number of hydrogen-bond acceptors (Lipinski definition) is 4. The molecule has 0 saturated heterocycles. The van der Waals surface area contributed by atoms with Gasteiger partial charge in [0.05, 0.1) is 12.7 Å². The molecule has 5 heteroatoms. The zero-order chi connectivity index (χ0) is 10.1. The van der Waals surface area contributed by atoms with E-state index in [1.165, 1.54) is 0 Å². The van der Waals surface area contributed by atoms with Crippen molar-refractivity contribution in [1.82, 2.24) is 5.32 Å². The number of methoxy groups -OCH3 is 1. The van der Waals surface area contributed by atoms with Gasteiger partial charge in [0.1, 0.15) is 0 Å². The van der Waals surface area contributed by atoms with Crippen LogP contribution in [0.2, 0.25) is 0 Å². The maximum absolute atomic E-state index is 11.0. The first-order valence-electron chi connectivity index (χ1n) is 4.43. The molecule has 0 aromatic rings. The molecule has 0 heterocycles. The highest BCUT2D eigenvalue weighted by Gasteiger charge is 2.02. The SMILES string of the molecule is CCS(=O)CCNCC(O)COC. The third kappa shape index (κ3) is 8.36. The van der Waals surface area contributed by atoms with Gasteiger partial charge in [0.2, 0.25) is 0 Å². The number of ether oxygens (including phenoxy) is 1. The van der Waals surface area contributed by atoms with Crippen molar-refractivity contribution in [2.45, 2.75) is 13.0 Å². The lowest BCUT2D eigenvalue weighted by atomic mass is 10.4. The Labute approximate surface area is 82.1 Å². The molecule has 0 fully saturated rings. The predicted octanol–water partition coefficient (Wildman–Crippen LogP) is -0.648. The maximum atomic E-state index is 11.0. The first-order valence-corrected chi connectivity index (χ1v) is 5.92. The van der Waals surface area contributed by atoms with E-state index < -0.39 is 16.9 Å². The number of aliphatic hydroxyl groups is 1. The van der Waals surface area contributed by atoms with Crippen molar-refractivity contribution in [2.24, 2.45) is 0 Å². The molecule has 0 aromatic heterocycles. The Bertz CT molecular complexity index is 143. The molecule has 4 nitrogen and oxygen atoms in total. The van der Waals surface area contributed by atoms with E-state index in [0.29, 0.717) is 31.2 Å². The molecule has 0 bridgehead atoms. The van der Waals surface area contributed by atoms with Gasteiger partial charge in [0.25, 0.3) is 0 Å². The van der Waals surface area contributed by atoms with E-state index in [-0.39, 0.29) is 0 Å². The molecule has 0 amide bonds. The molecule has 0 rings (SSSR count). The Balaban J connectivity index is 3.20. The zero-order valence-electron chi connectivity index (χ0n) is 8.28. The summed E-state index contributed by atoms with van der Waals surface area (Å²) >= 11 is 0. The predicted molar refractivity (Wildman–Crippen MR) is 54.3 cm³/mol. The number of hydrogen-bond donors (Lipinski definition) is 2. The molecule has 2 unspecified atom stereocenters. The van der Waals surface area contributed by atoms with E-state index in [9.17, 15) is 9.32 Å². The number of nitrogens with one attached hydrogen (secondary N) is 1. The van der Waals surface area contributed by atoms with Crippen molar-refractivity contribution in [3.63, 3.8) is 0 Å². The third-order valence-corrected chi connectivity index (χ3v) is 2.87. The van der Waals surface area contributed by atoms with Gasteiger partial charge < -0.3 is 15.2 Å². The minimum absolute atomic E-state index is 0.337. The Morgan fingerprint density at radius 1 is 1.62 bits per heavy atom. The molecular formula is C8H19NO3S. The summed E-state index contributed by atoms with van der Waals surface area (Å²) in [5.74, 6) is 1.35. The lowest BCUT2D eigenvalue weighted by Crippen LogP contribution is -2.32. The molecule has 2 N–H and O–H groups in total. The molecule has 80 valence electrons. The Kier molecular flexibility index (Phi) is 8.64. The topological polar surface area (TPSA) is 58.6 Å². The fraction of sp³-hybridized carbons (Fsp3) is 1.00. The van der Waals surface area contributed by atoms with Crippen molar-refractivity contribution in [3.05, 3.63) is 0 Å². The molecule has 0 saturated carbocycles. The Morgan fingerprint density at radius 2 is 2.31 bits per heavy atom. The van der Waals surface area contributed by atoms with E-state index in [2.05, 4.69) is 5.32 Å². The maximum Gasteiger partial charge on any atom is 0.0897 e. The van der Waals surface area contributed by atoms with Crippen LogP contribution in [0.1, 0.15) is 6.92 Å². The summed E-state index contributed by atoms with van der Waals surface area (Å²) in [5.41, 5.74) is 0. The molecule has 0 radical (unpaired) electrons. The quantitative estimate of drug-likeness (QED) is 0.522. The van der Waals surface area contributed by atoms with Crippen molar-refractivity contribution >= 4 is 10.8 Å². The standard InChI is InChI=1S/C8H19NO3S/c1-3-13(11)5-4-9-6-8(10)7-12-2/h8-10H,3-7H2,1-2H3. The van der Waals surface area contributed by atoms with Crippen molar-refractivity contribution in [1.29, 1.82) is 0 Å². The minimum atomic E-state index is -0.721. The summed E-state index contributed by atoms with van der Waals surface area (Å²) in [6, 6.07) is 0. The van der Waals surface area contributed by atoms with Gasteiger partial charge in [-0.05, 0) is 0 Å². The van der Waals surface area contributed by atoms with Gasteiger partial charge in [0.15, 0.2) is 0 Å². The normalized spacial score (nSPS) is 15.6. The molecule has 0 spiro atoms. The molecule has 13 heavy (non-hydrogen) atoms. The molecule has 0 aliphatic heterocycles. The summed E-state index contributed by atoms with van der Waals surface area (Å²) < 4.78 is 15.7. The van der Waals surface area contributed by atoms with E-state index >= 15 is 0 Å². The van der Waals surface area contributed by atoms with E-state index in [1.54, 1.807) is 7.11 Å². The van der Waals surface area contributed by atoms with Crippen LogP contribution in [-0.4, -0.2) is 53.7 Å². The highest BCUT2D eigenvalue weighted by Crippen LogP contribution is 1.82. The van der Waals surface area contributed by atoms with Crippen LogP contribution >= 0.6 is 0 Å². The fourth-order valence-corrected chi connectivity index (χ4v) is 1.51. The third-order valence-electron chi connectivity index (χ3n) is 1.57. The van der Waals surface area contributed by atoms with E-state index in [0.717, 1.165) is 0 Å². The second-order valence-electron chi connectivity index (χ2n) is 2.75. The highest BCUT2D eigenvalue weighted by atomic mass is 32.2. The molecular weight excluding hydrogens is 190 g/mol. The first kappa shape index (κ1) is 13.0. The Hall–Kier alpha value is 0.0300. The average molecular weight is 209 g/mol. The van der Waals surface area contributed by atoms with Gasteiger partial charge in [-0.15, -0.1) is 0 Å². The van der Waals surface area contributed by atoms with Crippen molar-refractivity contribution in [3.8, 4) is 0 Å². The van der Waals surface area contributed by atoms with Crippen LogP contribution in [-0.2, 0) is 15.5 Å². The van der Waals surface area contributed by atoms with Gasteiger partial charge in [-0.2, -0.15) is 0 Å². The van der Waals surface area contributed by atoms with Gasteiger partial charge in [-0.25, -0.2) is 0 Å². The highest BCUT2D eigenvalue weighted by molar-refractivity contribution is 7.84. The largest absolute Gasteiger partial charge is 0.389 e. The molecule has 0 aliphatic rings. The smallest absolute Gasteiger partial charge is 0.0897 e. The van der Waals surface area contributed by atoms with Gasteiger partial charge in [-0.1, -0.05) is 6.92 Å². The van der Waals surface area contributed by atoms with Crippen LogP contribution in [0.4, 0.5) is 0 Å². The van der Waals surface area contributed by atoms with Crippen LogP contribution in [0.5, 0.6) is 0 Å². The first-order chi connectivity index (χ1) is 6.20. The van der Waals surface area contributed by atoms with Crippen LogP contribution in [0, 0.1) is 0 Å². The number of rotatable bonds is 8. The summed E-state index contributed by atoms with van der Waals surface area (Å²) in [4.78, 5) is 0. The molecule has 2 atom stereocenters. The minimum Gasteiger partial charge on any atom is -0.389 e. The second kappa shape index (κ2) is 8.62. The van der Waals surface area contributed by atoms with Gasteiger partial charge in [0, 0.05) is 42.5 Å². The van der Waals surface area contributed by atoms with Crippen LogP contribution in [0.3, 0.4) is 0 Å². The van der Waals surface area contributed by atoms with E-state index in [4.69, 9.17) is 4.74 Å². The number of aliphatic hydroxyl groups excluding tert-OH is 1. The zero-order valence-corrected chi connectivity index (χ0v) is 9.10. The second-order valence-corrected chi connectivity index (χ2v) is 4.61. The fourth-order valence-electron chi connectivity index (χ4n) is 0.850. The van der Waals surface area contributed by atoms with E-state index in [1.807, 2.05) is 6.92 Å². The lowest BCUT2D eigenvalue weighted by molar-refractivity contribution is 0.0650. The van der Waals surface area contributed by atoms with Crippen molar-refractivity contribution in [2.75, 3.05) is 38.3 Å². The monoisotopic (exact) mass is 209 g/mol. The average Bonchev–Trinajstić information content (AvgIpc) is 2.12. The molecule has 0 aliphatic carbocycles. The molecule has 0 aromatic carbocycles.